The third-order valence-electron chi connectivity index (χ3n) is 13.2. The Bertz CT molecular complexity index is 3690. The molecule has 0 saturated heterocycles. The molecule has 11 aromatic carbocycles. The molecular formula is C65H46N2O. The van der Waals surface area contributed by atoms with E-state index in [1.165, 1.54) is 38.6 Å². The van der Waals surface area contributed by atoms with E-state index >= 15 is 0 Å². The number of furan rings is 1. The Morgan fingerprint density at radius 2 is 0.750 bits per heavy atom. The molecule has 322 valence electrons. The molecular weight excluding hydrogens is 825 g/mol. The Morgan fingerprint density at radius 3 is 1.34 bits per heavy atom. The summed E-state index contributed by atoms with van der Waals surface area (Å²) >= 11 is 0. The first kappa shape index (κ1) is 40.6. The van der Waals surface area contributed by atoms with Crippen LogP contribution in [0.25, 0.3) is 77.2 Å². The summed E-state index contributed by atoms with van der Waals surface area (Å²) in [6.07, 6.45) is 0. The van der Waals surface area contributed by atoms with Crippen molar-refractivity contribution in [2.24, 2.45) is 0 Å². The minimum Gasteiger partial charge on any atom is -0.456 e. The molecule has 3 heteroatoms. The second-order valence-electron chi connectivity index (χ2n) is 17.3. The van der Waals surface area contributed by atoms with Crippen molar-refractivity contribution in [3.8, 4) is 44.5 Å². The second kappa shape index (κ2) is 17.5. The van der Waals surface area contributed by atoms with Gasteiger partial charge >= 0.3 is 0 Å². The van der Waals surface area contributed by atoms with Gasteiger partial charge in [0.05, 0.1) is 5.69 Å². The van der Waals surface area contributed by atoms with Crippen LogP contribution >= 0.6 is 0 Å². The van der Waals surface area contributed by atoms with Crippen molar-refractivity contribution in [2.75, 3.05) is 9.80 Å². The van der Waals surface area contributed by atoms with Gasteiger partial charge in [-0.2, -0.15) is 0 Å². The van der Waals surface area contributed by atoms with Crippen LogP contribution in [0.1, 0.15) is 5.56 Å². The Morgan fingerprint density at radius 1 is 0.294 bits per heavy atom. The van der Waals surface area contributed by atoms with E-state index in [4.69, 9.17) is 4.42 Å². The number of hydrogen-bond acceptors (Lipinski definition) is 3. The van der Waals surface area contributed by atoms with Crippen LogP contribution in [0.5, 0.6) is 0 Å². The lowest BCUT2D eigenvalue weighted by Crippen LogP contribution is -2.11. The molecule has 12 rings (SSSR count). The number of aryl methyl sites for hydroxylation is 1. The van der Waals surface area contributed by atoms with E-state index in [1.54, 1.807) is 0 Å². The van der Waals surface area contributed by atoms with E-state index in [0.717, 1.165) is 78.3 Å². The average molecular weight is 871 g/mol. The van der Waals surface area contributed by atoms with Gasteiger partial charge in [-0.15, -0.1) is 0 Å². The van der Waals surface area contributed by atoms with Crippen LogP contribution in [0.2, 0.25) is 0 Å². The molecule has 0 radical (unpaired) electrons. The molecule has 68 heavy (non-hydrogen) atoms. The van der Waals surface area contributed by atoms with Crippen molar-refractivity contribution >= 4 is 66.8 Å². The van der Waals surface area contributed by atoms with Crippen LogP contribution in [-0.2, 0) is 0 Å². The molecule has 1 aromatic heterocycles. The van der Waals surface area contributed by atoms with E-state index in [9.17, 15) is 0 Å². The lowest BCUT2D eigenvalue weighted by Gasteiger charge is -2.28. The fourth-order valence-electron chi connectivity index (χ4n) is 9.94. The highest BCUT2D eigenvalue weighted by Gasteiger charge is 2.22. The molecule has 0 spiro atoms. The monoisotopic (exact) mass is 870 g/mol. The van der Waals surface area contributed by atoms with Crippen LogP contribution in [0.3, 0.4) is 0 Å². The summed E-state index contributed by atoms with van der Waals surface area (Å²) in [5.41, 5.74) is 18.8. The van der Waals surface area contributed by atoms with E-state index < -0.39 is 0 Å². The van der Waals surface area contributed by atoms with Crippen molar-refractivity contribution in [3.05, 3.63) is 266 Å². The number of anilines is 6. The van der Waals surface area contributed by atoms with Gasteiger partial charge in [-0.25, -0.2) is 0 Å². The first-order valence-corrected chi connectivity index (χ1v) is 23.2. The van der Waals surface area contributed by atoms with Crippen LogP contribution in [0.4, 0.5) is 34.1 Å². The van der Waals surface area contributed by atoms with Crippen LogP contribution in [0.15, 0.2) is 265 Å². The first-order valence-electron chi connectivity index (χ1n) is 23.2. The third-order valence-corrected chi connectivity index (χ3v) is 13.2. The largest absolute Gasteiger partial charge is 0.456 e. The Hall–Kier alpha value is -8.92. The fraction of sp³-hybridized carbons (Fsp3) is 0.0154. The van der Waals surface area contributed by atoms with E-state index in [1.807, 2.05) is 0 Å². The van der Waals surface area contributed by atoms with Crippen molar-refractivity contribution in [2.45, 2.75) is 6.92 Å². The molecule has 0 bridgehead atoms. The topological polar surface area (TPSA) is 19.6 Å². The zero-order chi connectivity index (χ0) is 45.4. The Labute approximate surface area is 397 Å². The quantitative estimate of drug-likeness (QED) is 0.137. The molecule has 3 nitrogen and oxygen atoms in total. The average Bonchev–Trinajstić information content (AvgIpc) is 3.79. The maximum atomic E-state index is 6.58. The van der Waals surface area contributed by atoms with Crippen LogP contribution in [-0.4, -0.2) is 0 Å². The predicted molar refractivity (Wildman–Crippen MR) is 287 cm³/mol. The van der Waals surface area contributed by atoms with E-state index in [-0.39, 0.29) is 0 Å². The number of benzene rings is 11. The minimum absolute atomic E-state index is 0.863. The summed E-state index contributed by atoms with van der Waals surface area (Å²) < 4.78 is 6.58. The van der Waals surface area contributed by atoms with Gasteiger partial charge in [0, 0.05) is 50.8 Å². The lowest BCUT2D eigenvalue weighted by molar-refractivity contribution is 0.669. The molecule has 0 atom stereocenters. The summed E-state index contributed by atoms with van der Waals surface area (Å²) in [6, 6.07) is 93.6. The SMILES string of the molecule is Cc1cccc2oc3cc(N(c4ccc(-c5ccccc5-c5ccccc5-c5ccc(N(c6ccccc6)c6ccccc6)cc5)cc4)c4cc5ccccc5cc4-c4ccccc4)ccc3c12. The lowest BCUT2D eigenvalue weighted by atomic mass is 9.89. The number of fused-ring (bicyclic) bond motifs is 4. The standard InChI is InChI=1S/C65H46N2O/c1-45-18-17-31-63-65(45)60-41-40-55(44-64(60)68-63)67(62-43-50-22-12-11-21-49(50)42-61(62)46-19-5-2-6-20-46)54-38-34-48(35-39-54)57-28-14-16-30-59(57)58-29-15-13-27-56(58)47-32-36-53(37-33-47)66(51-23-7-3-8-24-51)52-25-9-4-10-26-52/h2-44H,1H3. The summed E-state index contributed by atoms with van der Waals surface area (Å²) in [6.45, 7) is 2.15. The smallest absolute Gasteiger partial charge is 0.137 e. The van der Waals surface area contributed by atoms with E-state index in [2.05, 4.69) is 278 Å². The second-order valence-corrected chi connectivity index (χ2v) is 17.3. The van der Waals surface area contributed by atoms with Crippen molar-refractivity contribution in [1.82, 2.24) is 0 Å². The van der Waals surface area contributed by atoms with Crippen molar-refractivity contribution in [1.29, 1.82) is 0 Å². The number of para-hydroxylation sites is 2. The molecule has 0 saturated carbocycles. The van der Waals surface area contributed by atoms with Gasteiger partial charge < -0.3 is 14.2 Å². The Kier molecular flexibility index (Phi) is 10.4. The normalized spacial score (nSPS) is 11.3. The van der Waals surface area contributed by atoms with Gasteiger partial charge in [0.25, 0.3) is 0 Å². The minimum atomic E-state index is 0.863. The summed E-state index contributed by atoms with van der Waals surface area (Å²) in [5, 5.41) is 4.66. The zero-order valence-electron chi connectivity index (χ0n) is 37.6. The predicted octanol–water partition coefficient (Wildman–Crippen LogP) is 18.7. The number of hydrogen-bond donors (Lipinski definition) is 0. The van der Waals surface area contributed by atoms with Gasteiger partial charge in [0.1, 0.15) is 11.2 Å². The van der Waals surface area contributed by atoms with Gasteiger partial charge in [0.15, 0.2) is 0 Å². The molecule has 0 aliphatic rings. The number of nitrogens with zero attached hydrogens (tertiary/aromatic N) is 2. The molecule has 0 amide bonds. The van der Waals surface area contributed by atoms with Gasteiger partial charge in [0.2, 0.25) is 0 Å². The zero-order valence-corrected chi connectivity index (χ0v) is 37.6. The maximum Gasteiger partial charge on any atom is 0.137 e. The van der Waals surface area contributed by atoms with Crippen molar-refractivity contribution in [3.63, 3.8) is 0 Å². The van der Waals surface area contributed by atoms with Crippen molar-refractivity contribution < 1.29 is 4.42 Å². The highest BCUT2D eigenvalue weighted by atomic mass is 16.3. The van der Waals surface area contributed by atoms with E-state index in [0.29, 0.717) is 0 Å². The molecule has 0 aliphatic heterocycles. The molecule has 0 unspecified atom stereocenters. The number of rotatable bonds is 10. The summed E-state index contributed by atoms with van der Waals surface area (Å²) in [5.74, 6) is 0. The van der Waals surface area contributed by atoms with Crippen LogP contribution < -0.4 is 9.80 Å². The maximum absolute atomic E-state index is 6.58. The molecule has 0 aliphatic carbocycles. The molecule has 12 aromatic rings. The van der Waals surface area contributed by atoms with Gasteiger partial charge in [-0.05, 0) is 141 Å². The Balaban J connectivity index is 0.955. The third kappa shape index (κ3) is 7.46. The molecule has 1 heterocycles. The van der Waals surface area contributed by atoms with Crippen LogP contribution in [0, 0.1) is 6.92 Å². The summed E-state index contributed by atoms with van der Waals surface area (Å²) in [7, 11) is 0. The molecule has 0 N–H and O–H groups in total. The highest BCUT2D eigenvalue weighted by Crippen LogP contribution is 2.46. The highest BCUT2D eigenvalue weighted by molar-refractivity contribution is 6.08. The summed E-state index contributed by atoms with van der Waals surface area (Å²) in [4.78, 5) is 4.69. The first-order chi connectivity index (χ1) is 33.6. The fourth-order valence-corrected chi connectivity index (χ4v) is 9.94. The van der Waals surface area contributed by atoms with Gasteiger partial charge in [-0.3, -0.25) is 0 Å². The molecule has 0 fully saturated rings. The van der Waals surface area contributed by atoms with Gasteiger partial charge in [-0.1, -0.05) is 176 Å².